The fourth-order valence-electron chi connectivity index (χ4n) is 2.97. The topological polar surface area (TPSA) is 66.9 Å². The first-order valence-electron chi connectivity index (χ1n) is 8.59. The molecule has 2 aromatic rings. The predicted molar refractivity (Wildman–Crippen MR) is 95.6 cm³/mol. The third kappa shape index (κ3) is 4.10. The van der Waals surface area contributed by atoms with Crippen molar-refractivity contribution in [3.63, 3.8) is 0 Å². The van der Waals surface area contributed by atoms with Crippen LogP contribution in [0.25, 0.3) is 0 Å². The summed E-state index contributed by atoms with van der Waals surface area (Å²) in [6, 6.07) is 6.40. The maximum atomic E-state index is 12.3. The summed E-state index contributed by atoms with van der Waals surface area (Å²) >= 11 is 0. The molecule has 126 valence electrons. The van der Waals surface area contributed by atoms with Crippen molar-refractivity contribution in [2.45, 2.75) is 52.0 Å². The number of amides is 1. The molecule has 1 aliphatic rings. The van der Waals surface area contributed by atoms with E-state index in [9.17, 15) is 4.79 Å². The summed E-state index contributed by atoms with van der Waals surface area (Å²) in [5, 5.41) is 6.24. The van der Waals surface area contributed by atoms with Crippen LogP contribution in [0, 0.1) is 13.8 Å². The van der Waals surface area contributed by atoms with Crippen molar-refractivity contribution in [1.82, 2.24) is 15.3 Å². The van der Waals surface area contributed by atoms with Crippen LogP contribution >= 0.6 is 0 Å². The van der Waals surface area contributed by atoms with Crippen molar-refractivity contribution in [3.05, 3.63) is 47.3 Å². The van der Waals surface area contributed by atoms with Gasteiger partial charge >= 0.3 is 0 Å². The van der Waals surface area contributed by atoms with Gasteiger partial charge in [-0.25, -0.2) is 9.97 Å². The molecule has 1 heterocycles. The number of nitrogens with zero attached hydrogens (tertiary/aromatic N) is 2. The molecule has 5 heteroatoms. The molecule has 0 radical (unpaired) electrons. The van der Waals surface area contributed by atoms with Crippen LogP contribution in [0.15, 0.2) is 30.6 Å². The van der Waals surface area contributed by atoms with Crippen molar-refractivity contribution in [2.24, 2.45) is 0 Å². The van der Waals surface area contributed by atoms with Crippen LogP contribution < -0.4 is 10.6 Å². The van der Waals surface area contributed by atoms with E-state index in [4.69, 9.17) is 0 Å². The van der Waals surface area contributed by atoms with Crippen LogP contribution in [0.4, 0.5) is 11.6 Å². The zero-order chi connectivity index (χ0) is 16.9. The second-order valence-electron chi connectivity index (χ2n) is 6.53. The standard InChI is InChI=1S/C19H24N4O/c1-13-8-9-17(10-14(13)2)23-19-20-11-15(12-21-19)18(24)22-16-6-4-3-5-7-16/h8-12,16H,3-7H2,1-2H3,(H,22,24)(H,20,21,23). The Bertz CT molecular complexity index is 706. The number of benzene rings is 1. The number of anilines is 2. The Morgan fingerprint density at radius 1 is 1.04 bits per heavy atom. The summed E-state index contributed by atoms with van der Waals surface area (Å²) < 4.78 is 0. The second kappa shape index (κ2) is 7.43. The molecule has 1 aromatic heterocycles. The summed E-state index contributed by atoms with van der Waals surface area (Å²) in [6.45, 7) is 4.15. The van der Waals surface area contributed by atoms with Crippen molar-refractivity contribution in [3.8, 4) is 0 Å². The van der Waals surface area contributed by atoms with Gasteiger partial charge in [0.25, 0.3) is 5.91 Å². The summed E-state index contributed by atoms with van der Waals surface area (Å²) in [5.74, 6) is 0.409. The second-order valence-corrected chi connectivity index (χ2v) is 6.53. The SMILES string of the molecule is Cc1ccc(Nc2ncc(C(=O)NC3CCCCC3)cn2)cc1C. The Balaban J connectivity index is 1.61. The zero-order valence-corrected chi connectivity index (χ0v) is 14.3. The molecule has 1 aromatic carbocycles. The first-order valence-corrected chi connectivity index (χ1v) is 8.59. The van der Waals surface area contributed by atoms with E-state index in [0.717, 1.165) is 18.5 Å². The van der Waals surface area contributed by atoms with Gasteiger partial charge in [0.1, 0.15) is 0 Å². The average Bonchev–Trinajstić information content (AvgIpc) is 2.60. The highest BCUT2D eigenvalue weighted by molar-refractivity contribution is 5.93. The number of carbonyl (C=O) groups excluding carboxylic acids is 1. The summed E-state index contributed by atoms with van der Waals surface area (Å²) in [7, 11) is 0. The van der Waals surface area contributed by atoms with Gasteiger partial charge in [-0.2, -0.15) is 0 Å². The third-order valence-electron chi connectivity index (χ3n) is 4.62. The molecule has 0 saturated heterocycles. The quantitative estimate of drug-likeness (QED) is 0.895. The first-order chi connectivity index (χ1) is 11.6. The molecule has 1 amide bonds. The lowest BCUT2D eigenvalue weighted by Gasteiger charge is -2.22. The van der Waals surface area contributed by atoms with E-state index in [2.05, 4.69) is 46.6 Å². The molecular weight excluding hydrogens is 300 g/mol. The molecule has 1 saturated carbocycles. The van der Waals surface area contributed by atoms with Crippen molar-refractivity contribution in [2.75, 3.05) is 5.32 Å². The van der Waals surface area contributed by atoms with E-state index in [1.807, 2.05) is 6.07 Å². The lowest BCUT2D eigenvalue weighted by Crippen LogP contribution is -2.36. The minimum Gasteiger partial charge on any atom is -0.349 e. The molecule has 1 aliphatic carbocycles. The van der Waals surface area contributed by atoms with Crippen LogP contribution in [0.1, 0.15) is 53.6 Å². The Labute approximate surface area is 142 Å². The zero-order valence-electron chi connectivity index (χ0n) is 14.3. The smallest absolute Gasteiger partial charge is 0.254 e. The lowest BCUT2D eigenvalue weighted by atomic mass is 9.95. The van der Waals surface area contributed by atoms with E-state index >= 15 is 0 Å². The number of hydrogen-bond acceptors (Lipinski definition) is 4. The van der Waals surface area contributed by atoms with Gasteiger partial charge in [-0.1, -0.05) is 25.3 Å². The summed E-state index contributed by atoms with van der Waals surface area (Å²) in [4.78, 5) is 20.8. The van der Waals surface area contributed by atoms with Gasteiger partial charge < -0.3 is 10.6 Å². The van der Waals surface area contributed by atoms with Gasteiger partial charge in [0, 0.05) is 24.1 Å². The number of rotatable bonds is 4. The molecule has 2 N–H and O–H groups in total. The molecule has 1 fully saturated rings. The van der Waals surface area contributed by atoms with Crippen molar-refractivity contribution >= 4 is 17.5 Å². The molecule has 3 rings (SSSR count). The Morgan fingerprint density at radius 2 is 1.75 bits per heavy atom. The van der Waals surface area contributed by atoms with E-state index in [0.29, 0.717) is 17.6 Å². The van der Waals surface area contributed by atoms with Crippen LogP contribution in [0.5, 0.6) is 0 Å². The number of aryl methyl sites for hydroxylation is 2. The van der Waals surface area contributed by atoms with Crippen LogP contribution in [0.2, 0.25) is 0 Å². The number of carbonyl (C=O) groups is 1. The lowest BCUT2D eigenvalue weighted by molar-refractivity contribution is 0.0927. The normalized spacial score (nSPS) is 15.1. The molecule has 0 bridgehead atoms. The highest BCUT2D eigenvalue weighted by atomic mass is 16.1. The molecule has 5 nitrogen and oxygen atoms in total. The number of nitrogens with one attached hydrogen (secondary N) is 2. The molecule has 0 atom stereocenters. The van der Waals surface area contributed by atoms with Gasteiger partial charge in [0.2, 0.25) is 5.95 Å². The summed E-state index contributed by atoms with van der Waals surface area (Å²) in [6.07, 6.45) is 8.95. The van der Waals surface area contributed by atoms with Crippen LogP contribution in [-0.2, 0) is 0 Å². The average molecular weight is 324 g/mol. The highest BCUT2D eigenvalue weighted by Gasteiger charge is 2.17. The van der Waals surface area contributed by atoms with Crippen molar-refractivity contribution in [1.29, 1.82) is 0 Å². The van der Waals surface area contributed by atoms with E-state index < -0.39 is 0 Å². The van der Waals surface area contributed by atoms with Crippen LogP contribution in [0.3, 0.4) is 0 Å². The van der Waals surface area contributed by atoms with E-state index in [1.54, 1.807) is 12.4 Å². The van der Waals surface area contributed by atoms with Crippen LogP contribution in [-0.4, -0.2) is 21.9 Å². The Morgan fingerprint density at radius 3 is 2.42 bits per heavy atom. The minimum absolute atomic E-state index is 0.0837. The van der Waals surface area contributed by atoms with E-state index in [1.165, 1.54) is 30.4 Å². The number of hydrogen-bond donors (Lipinski definition) is 2. The fraction of sp³-hybridized carbons (Fsp3) is 0.421. The third-order valence-corrected chi connectivity index (χ3v) is 4.62. The maximum absolute atomic E-state index is 12.3. The molecule has 0 aliphatic heterocycles. The summed E-state index contributed by atoms with van der Waals surface area (Å²) in [5.41, 5.74) is 3.91. The Hall–Kier alpha value is -2.43. The maximum Gasteiger partial charge on any atom is 0.254 e. The predicted octanol–water partition coefficient (Wildman–Crippen LogP) is 3.90. The van der Waals surface area contributed by atoms with Gasteiger partial charge in [0.05, 0.1) is 5.56 Å². The molecule has 0 spiro atoms. The first kappa shape index (κ1) is 16.4. The van der Waals surface area contributed by atoms with Gasteiger partial charge in [-0.05, 0) is 49.9 Å². The van der Waals surface area contributed by atoms with Gasteiger partial charge in [-0.3, -0.25) is 4.79 Å². The number of aromatic nitrogens is 2. The van der Waals surface area contributed by atoms with E-state index in [-0.39, 0.29) is 5.91 Å². The molecule has 0 unspecified atom stereocenters. The Kier molecular flexibility index (Phi) is 5.08. The van der Waals surface area contributed by atoms with Crippen molar-refractivity contribution < 1.29 is 4.79 Å². The fourth-order valence-corrected chi connectivity index (χ4v) is 2.97. The largest absolute Gasteiger partial charge is 0.349 e. The molecule has 24 heavy (non-hydrogen) atoms. The highest BCUT2D eigenvalue weighted by Crippen LogP contribution is 2.19. The van der Waals surface area contributed by atoms with Gasteiger partial charge in [0.15, 0.2) is 0 Å². The monoisotopic (exact) mass is 324 g/mol. The van der Waals surface area contributed by atoms with Gasteiger partial charge in [-0.15, -0.1) is 0 Å². The minimum atomic E-state index is -0.0837. The molecular formula is C19H24N4O.